The molecule has 0 saturated heterocycles. The molecule has 0 aliphatic carbocycles. The molecule has 0 unspecified atom stereocenters. The topological polar surface area (TPSA) is 45.7 Å². The van der Waals surface area contributed by atoms with Gasteiger partial charge in [-0.3, -0.25) is 0 Å². The molecule has 0 amide bonds. The minimum atomic E-state index is -0.329. The molecule has 0 aliphatic rings. The summed E-state index contributed by atoms with van der Waals surface area (Å²) in [4.78, 5) is 21.2. The van der Waals surface area contributed by atoms with Gasteiger partial charge in [0.05, 0.1) is 0 Å². The predicted molar refractivity (Wildman–Crippen MR) is 101 cm³/mol. The first kappa shape index (κ1) is 18.9. The summed E-state index contributed by atoms with van der Waals surface area (Å²) in [7, 11) is 0. The van der Waals surface area contributed by atoms with Gasteiger partial charge in [-0.15, -0.1) is 0 Å². The molecule has 2 aromatic rings. The minimum absolute atomic E-state index is 0.329. The molecule has 1 aromatic heterocycles. The summed E-state index contributed by atoms with van der Waals surface area (Å²) in [6, 6.07) is 13.5. The lowest BCUT2D eigenvalue weighted by Crippen LogP contribution is -2.28. The first-order valence-corrected chi connectivity index (χ1v) is 8.88. The maximum Gasteiger partial charge on any atom is 0.341 e. The number of para-hydroxylation sites is 1. The number of anilines is 2. The molecule has 0 N–H and O–H groups in total. The number of aromatic nitrogens is 1. The van der Waals surface area contributed by atoms with Gasteiger partial charge in [0.1, 0.15) is 18.0 Å². The van der Waals surface area contributed by atoms with E-state index in [0.717, 1.165) is 25.3 Å². The van der Waals surface area contributed by atoms with Gasteiger partial charge < -0.3 is 14.5 Å². The van der Waals surface area contributed by atoms with Crippen LogP contribution in [0.2, 0.25) is 0 Å². The Labute approximate surface area is 150 Å². The number of likely N-dealkylation sites (N-methyl/N-ethyl adjacent to an activating group) is 1. The largest absolute Gasteiger partial charge is 0.461 e. The molecule has 0 fully saturated rings. The highest BCUT2D eigenvalue weighted by Crippen LogP contribution is 2.26. The van der Waals surface area contributed by atoms with Gasteiger partial charge in [0.25, 0.3) is 0 Å². The lowest BCUT2D eigenvalue weighted by atomic mass is 10.2. The summed E-state index contributed by atoms with van der Waals surface area (Å²) < 4.78 is 5.49. The van der Waals surface area contributed by atoms with Crippen molar-refractivity contribution in [2.75, 3.05) is 37.7 Å². The predicted octanol–water partition coefficient (Wildman–Crippen LogP) is 3.74. The third kappa shape index (κ3) is 5.03. The Bertz CT molecular complexity index is 657. The zero-order valence-corrected chi connectivity index (χ0v) is 15.3. The van der Waals surface area contributed by atoms with E-state index in [-0.39, 0.29) is 5.97 Å². The summed E-state index contributed by atoms with van der Waals surface area (Å²) in [5.41, 5.74) is 1.49. The molecular weight excluding hydrogens is 314 g/mol. The molecule has 134 valence electrons. The quantitative estimate of drug-likeness (QED) is 0.650. The van der Waals surface area contributed by atoms with Crippen molar-refractivity contribution in [3.05, 3.63) is 54.2 Å². The van der Waals surface area contributed by atoms with E-state index < -0.39 is 0 Å². The number of carbonyl (C=O) groups is 1. The molecule has 2 rings (SSSR count). The zero-order valence-electron chi connectivity index (χ0n) is 15.3. The number of nitrogens with zero attached hydrogens (tertiary/aromatic N) is 3. The van der Waals surface area contributed by atoms with Crippen LogP contribution in [0.4, 0.5) is 11.5 Å². The molecule has 5 heteroatoms. The van der Waals surface area contributed by atoms with Crippen molar-refractivity contribution in [2.24, 2.45) is 0 Å². The van der Waals surface area contributed by atoms with Crippen LogP contribution in [0.1, 0.15) is 31.1 Å². The lowest BCUT2D eigenvalue weighted by Gasteiger charge is -2.24. The first-order valence-electron chi connectivity index (χ1n) is 8.88. The summed E-state index contributed by atoms with van der Waals surface area (Å²) in [6.45, 7) is 9.97. The van der Waals surface area contributed by atoms with Crippen molar-refractivity contribution in [1.82, 2.24) is 9.88 Å². The number of esters is 1. The third-order valence-electron chi connectivity index (χ3n) is 4.18. The highest BCUT2D eigenvalue weighted by Gasteiger charge is 2.19. The number of rotatable bonds is 9. The van der Waals surface area contributed by atoms with Crippen LogP contribution in [0.3, 0.4) is 0 Å². The van der Waals surface area contributed by atoms with Crippen LogP contribution in [0, 0.1) is 0 Å². The highest BCUT2D eigenvalue weighted by molar-refractivity contribution is 5.95. The van der Waals surface area contributed by atoms with Crippen molar-refractivity contribution in [1.29, 1.82) is 0 Å². The Kier molecular flexibility index (Phi) is 7.41. The molecule has 0 bridgehead atoms. The number of hydrogen-bond acceptors (Lipinski definition) is 5. The van der Waals surface area contributed by atoms with Gasteiger partial charge in [0.15, 0.2) is 0 Å². The Balaban J connectivity index is 2.15. The average Bonchev–Trinajstić information content (AvgIpc) is 2.67. The highest BCUT2D eigenvalue weighted by atomic mass is 16.5. The summed E-state index contributed by atoms with van der Waals surface area (Å²) in [6.07, 6.45) is 1.70. The van der Waals surface area contributed by atoms with E-state index in [1.165, 1.54) is 0 Å². The van der Waals surface area contributed by atoms with Crippen LogP contribution in [-0.2, 0) is 4.74 Å². The van der Waals surface area contributed by atoms with E-state index in [0.29, 0.717) is 24.5 Å². The van der Waals surface area contributed by atoms with Crippen LogP contribution in [-0.4, -0.2) is 48.6 Å². The molecule has 0 spiro atoms. The fourth-order valence-corrected chi connectivity index (χ4v) is 2.72. The molecule has 0 aliphatic heterocycles. The maximum absolute atomic E-state index is 12.6. The molecule has 1 aromatic carbocycles. The molecule has 5 nitrogen and oxygen atoms in total. The molecular formula is C20H27N3O2. The van der Waals surface area contributed by atoms with Crippen LogP contribution >= 0.6 is 0 Å². The third-order valence-corrected chi connectivity index (χ3v) is 4.18. The van der Waals surface area contributed by atoms with Gasteiger partial charge in [-0.1, -0.05) is 32.0 Å². The number of benzene rings is 1. The minimum Gasteiger partial charge on any atom is -0.461 e. The second-order valence-electron chi connectivity index (χ2n) is 5.62. The van der Waals surface area contributed by atoms with Crippen LogP contribution in [0.15, 0.2) is 48.7 Å². The van der Waals surface area contributed by atoms with Crippen molar-refractivity contribution < 1.29 is 9.53 Å². The molecule has 0 radical (unpaired) electrons. The summed E-state index contributed by atoms with van der Waals surface area (Å²) in [5.74, 6) is 0.300. The second-order valence-corrected chi connectivity index (χ2v) is 5.62. The van der Waals surface area contributed by atoms with Crippen molar-refractivity contribution >= 4 is 17.5 Å². The van der Waals surface area contributed by atoms with Crippen molar-refractivity contribution in [3.8, 4) is 0 Å². The first-order chi connectivity index (χ1) is 12.2. The van der Waals surface area contributed by atoms with Crippen LogP contribution < -0.4 is 4.90 Å². The maximum atomic E-state index is 12.6. The Morgan fingerprint density at radius 3 is 2.36 bits per heavy atom. The van der Waals surface area contributed by atoms with E-state index in [2.05, 4.69) is 23.7 Å². The van der Waals surface area contributed by atoms with Crippen LogP contribution in [0.25, 0.3) is 0 Å². The van der Waals surface area contributed by atoms with Crippen molar-refractivity contribution in [3.63, 3.8) is 0 Å². The van der Waals surface area contributed by atoms with E-state index in [1.807, 2.05) is 42.2 Å². The molecule has 0 saturated carbocycles. The Morgan fingerprint density at radius 1 is 1.00 bits per heavy atom. The monoisotopic (exact) mass is 341 g/mol. The zero-order chi connectivity index (χ0) is 18.1. The van der Waals surface area contributed by atoms with Gasteiger partial charge in [-0.2, -0.15) is 0 Å². The molecule has 0 atom stereocenters. The normalized spacial score (nSPS) is 10.7. The fourth-order valence-electron chi connectivity index (χ4n) is 2.72. The standard InChI is InChI=1S/C20H27N3O2/c1-4-22(5-2)15-16-25-20(24)18-13-10-14-21-19(18)23(6-3)17-11-8-7-9-12-17/h7-14H,4-6,15-16H2,1-3H3. The fraction of sp³-hybridized carbons (Fsp3) is 0.400. The van der Waals surface area contributed by atoms with Gasteiger partial charge in [0, 0.05) is 25.0 Å². The van der Waals surface area contributed by atoms with E-state index >= 15 is 0 Å². The Hall–Kier alpha value is -2.40. The van der Waals surface area contributed by atoms with Gasteiger partial charge >= 0.3 is 5.97 Å². The average molecular weight is 341 g/mol. The summed E-state index contributed by atoms with van der Waals surface area (Å²) >= 11 is 0. The van der Waals surface area contributed by atoms with Gasteiger partial charge in [-0.05, 0) is 44.3 Å². The van der Waals surface area contributed by atoms with E-state index in [1.54, 1.807) is 18.3 Å². The smallest absolute Gasteiger partial charge is 0.341 e. The van der Waals surface area contributed by atoms with E-state index in [4.69, 9.17) is 4.74 Å². The van der Waals surface area contributed by atoms with Gasteiger partial charge in [0.2, 0.25) is 0 Å². The number of hydrogen-bond donors (Lipinski definition) is 0. The second kappa shape index (κ2) is 9.79. The number of ether oxygens (including phenoxy) is 1. The molecule has 25 heavy (non-hydrogen) atoms. The lowest BCUT2D eigenvalue weighted by molar-refractivity contribution is 0.0467. The van der Waals surface area contributed by atoms with Gasteiger partial charge in [-0.25, -0.2) is 9.78 Å². The molecule has 1 heterocycles. The van der Waals surface area contributed by atoms with Crippen molar-refractivity contribution in [2.45, 2.75) is 20.8 Å². The number of pyridine rings is 1. The number of carbonyl (C=O) groups excluding carboxylic acids is 1. The SMILES string of the molecule is CCN(CC)CCOC(=O)c1cccnc1N(CC)c1ccccc1. The Morgan fingerprint density at radius 2 is 1.72 bits per heavy atom. The summed E-state index contributed by atoms with van der Waals surface area (Å²) in [5, 5.41) is 0. The van der Waals surface area contributed by atoms with E-state index in [9.17, 15) is 4.79 Å². The van der Waals surface area contributed by atoms with Crippen LogP contribution in [0.5, 0.6) is 0 Å².